The minimum atomic E-state index is -3.66. The van der Waals surface area contributed by atoms with Gasteiger partial charge < -0.3 is 14.8 Å². The second-order valence-electron chi connectivity index (χ2n) is 5.82. The molecule has 9 heteroatoms. The predicted octanol–water partition coefficient (Wildman–Crippen LogP) is 3.31. The van der Waals surface area contributed by atoms with Gasteiger partial charge in [0.2, 0.25) is 10.0 Å². The highest BCUT2D eigenvalue weighted by molar-refractivity contribution is 7.89. The number of hydrogen-bond donors (Lipinski definition) is 2. The van der Waals surface area contributed by atoms with Gasteiger partial charge in [-0.1, -0.05) is 36.4 Å². The van der Waals surface area contributed by atoms with Crippen LogP contribution in [0.1, 0.15) is 11.1 Å². The molecule has 0 radical (unpaired) electrons. The molecule has 28 heavy (non-hydrogen) atoms. The molecule has 0 aliphatic heterocycles. The number of nitrogens with one attached hydrogen (secondary N) is 1. The number of hydrogen-bond acceptors (Lipinski definition) is 5. The van der Waals surface area contributed by atoms with Gasteiger partial charge in [0.05, 0.1) is 17.0 Å². The van der Waals surface area contributed by atoms with Crippen molar-refractivity contribution in [1.82, 2.24) is 5.32 Å². The molecule has 0 aromatic heterocycles. The zero-order chi connectivity index (χ0) is 19.9. The topological polar surface area (TPSA) is 90.6 Å². The molecule has 0 saturated carbocycles. The summed E-state index contributed by atoms with van der Waals surface area (Å²) < 4.78 is 33.4. The van der Waals surface area contributed by atoms with Crippen molar-refractivity contribution < 1.29 is 17.9 Å². The van der Waals surface area contributed by atoms with Crippen LogP contribution in [0.25, 0.3) is 0 Å². The number of ether oxygens (including phenoxy) is 2. The number of benzene rings is 2. The first kappa shape index (κ1) is 24.3. The number of sulfonamides is 1. The SMILES string of the molecule is C=CCOc1c(Cl)cc(CNCCc2ccc(S(N)(=O)=O)cc2)cc1OC.Cl. The van der Waals surface area contributed by atoms with Crippen LogP contribution in [0.15, 0.2) is 53.9 Å². The Balaban J connectivity index is 0.00000392. The lowest BCUT2D eigenvalue weighted by Crippen LogP contribution is -2.17. The summed E-state index contributed by atoms with van der Waals surface area (Å²) in [6.45, 7) is 5.28. The van der Waals surface area contributed by atoms with Crippen molar-refractivity contribution in [3.8, 4) is 11.5 Å². The van der Waals surface area contributed by atoms with Crippen LogP contribution in [0.4, 0.5) is 0 Å². The third-order valence-corrected chi connectivity index (χ3v) is 5.02. The van der Waals surface area contributed by atoms with Gasteiger partial charge >= 0.3 is 0 Å². The fourth-order valence-electron chi connectivity index (χ4n) is 2.47. The highest BCUT2D eigenvalue weighted by atomic mass is 35.5. The summed E-state index contributed by atoms with van der Waals surface area (Å²) in [7, 11) is -2.09. The normalized spacial score (nSPS) is 10.8. The van der Waals surface area contributed by atoms with E-state index in [1.807, 2.05) is 12.1 Å². The van der Waals surface area contributed by atoms with Gasteiger partial charge in [-0.05, 0) is 48.4 Å². The molecule has 0 bridgehead atoms. The van der Waals surface area contributed by atoms with E-state index in [2.05, 4.69) is 11.9 Å². The van der Waals surface area contributed by atoms with Crippen molar-refractivity contribution in [2.45, 2.75) is 17.9 Å². The Morgan fingerprint density at radius 1 is 1.21 bits per heavy atom. The lowest BCUT2D eigenvalue weighted by molar-refractivity contribution is 0.326. The van der Waals surface area contributed by atoms with E-state index in [-0.39, 0.29) is 17.3 Å². The fourth-order valence-corrected chi connectivity index (χ4v) is 3.27. The first-order valence-corrected chi connectivity index (χ1v) is 10.2. The summed E-state index contributed by atoms with van der Waals surface area (Å²) in [5.41, 5.74) is 1.98. The van der Waals surface area contributed by atoms with E-state index in [9.17, 15) is 8.42 Å². The summed E-state index contributed by atoms with van der Waals surface area (Å²) in [5, 5.41) is 8.89. The number of halogens is 2. The molecule has 0 aliphatic rings. The molecule has 2 aromatic rings. The standard InChI is InChI=1S/C19H23ClN2O4S.ClH/c1-3-10-26-19-17(20)11-15(12-18(19)25-2)13-22-9-8-14-4-6-16(7-5-14)27(21,23)24;/h3-7,11-12,22H,1,8-10,13H2,2H3,(H2,21,23,24);1H. The minimum Gasteiger partial charge on any atom is -0.493 e. The minimum absolute atomic E-state index is 0. The van der Waals surface area contributed by atoms with Crippen LogP contribution in [0.5, 0.6) is 11.5 Å². The lowest BCUT2D eigenvalue weighted by Gasteiger charge is -2.13. The van der Waals surface area contributed by atoms with E-state index < -0.39 is 10.0 Å². The van der Waals surface area contributed by atoms with E-state index in [1.165, 1.54) is 12.1 Å². The Labute approximate surface area is 177 Å². The molecule has 154 valence electrons. The Kier molecular flexibility index (Phi) is 9.78. The van der Waals surface area contributed by atoms with Crippen LogP contribution in [0.3, 0.4) is 0 Å². The molecular weight excluding hydrogens is 423 g/mol. The zero-order valence-corrected chi connectivity index (χ0v) is 17.9. The first-order chi connectivity index (χ1) is 12.8. The van der Waals surface area contributed by atoms with Crippen LogP contribution in [-0.2, 0) is 23.0 Å². The third kappa shape index (κ3) is 7.00. The molecule has 0 fully saturated rings. The summed E-state index contributed by atoms with van der Waals surface area (Å²) in [5.74, 6) is 1.07. The molecular formula is C19H24Cl2N2O4S. The largest absolute Gasteiger partial charge is 0.493 e. The molecule has 0 spiro atoms. The smallest absolute Gasteiger partial charge is 0.238 e. The highest BCUT2D eigenvalue weighted by Crippen LogP contribution is 2.36. The molecule has 6 nitrogen and oxygen atoms in total. The average Bonchev–Trinajstić information content (AvgIpc) is 2.63. The van der Waals surface area contributed by atoms with Gasteiger partial charge in [-0.15, -0.1) is 12.4 Å². The number of primary sulfonamides is 1. The molecule has 3 N–H and O–H groups in total. The Bertz CT molecular complexity index is 888. The predicted molar refractivity (Wildman–Crippen MR) is 114 cm³/mol. The number of rotatable bonds is 10. The quantitative estimate of drug-likeness (QED) is 0.431. The molecule has 2 aromatic carbocycles. The Morgan fingerprint density at radius 3 is 2.46 bits per heavy atom. The van der Waals surface area contributed by atoms with Crippen LogP contribution >= 0.6 is 24.0 Å². The maximum absolute atomic E-state index is 11.3. The van der Waals surface area contributed by atoms with Gasteiger partial charge in [-0.3, -0.25) is 0 Å². The van der Waals surface area contributed by atoms with Crippen molar-refractivity contribution in [3.63, 3.8) is 0 Å². The summed E-state index contributed by atoms with van der Waals surface area (Å²) in [6, 6.07) is 10.2. The van der Waals surface area contributed by atoms with Gasteiger partial charge in [-0.2, -0.15) is 0 Å². The highest BCUT2D eigenvalue weighted by Gasteiger charge is 2.11. The fraction of sp³-hybridized carbons (Fsp3) is 0.263. The second-order valence-corrected chi connectivity index (χ2v) is 7.79. The number of methoxy groups -OCH3 is 1. The van der Waals surface area contributed by atoms with Gasteiger partial charge in [-0.25, -0.2) is 13.6 Å². The summed E-state index contributed by atoms with van der Waals surface area (Å²) in [4.78, 5) is 0.111. The van der Waals surface area contributed by atoms with Crippen LogP contribution in [0, 0.1) is 0 Å². The molecule has 0 saturated heterocycles. The van der Waals surface area contributed by atoms with E-state index in [0.717, 1.165) is 17.5 Å². The van der Waals surface area contributed by atoms with Crippen molar-refractivity contribution in [2.24, 2.45) is 5.14 Å². The van der Waals surface area contributed by atoms with Gasteiger partial charge in [0.15, 0.2) is 11.5 Å². The first-order valence-electron chi connectivity index (χ1n) is 8.27. The monoisotopic (exact) mass is 446 g/mol. The summed E-state index contributed by atoms with van der Waals surface area (Å²) in [6.07, 6.45) is 2.39. The van der Waals surface area contributed by atoms with Gasteiger partial charge in [0.1, 0.15) is 6.61 Å². The molecule has 0 unspecified atom stereocenters. The van der Waals surface area contributed by atoms with Gasteiger partial charge in [0.25, 0.3) is 0 Å². The van der Waals surface area contributed by atoms with Gasteiger partial charge in [0, 0.05) is 6.54 Å². The maximum atomic E-state index is 11.3. The Morgan fingerprint density at radius 2 is 1.89 bits per heavy atom. The molecule has 2 rings (SSSR count). The van der Waals surface area contributed by atoms with E-state index in [4.69, 9.17) is 26.2 Å². The molecule has 0 heterocycles. The van der Waals surface area contributed by atoms with Crippen LogP contribution in [0.2, 0.25) is 5.02 Å². The maximum Gasteiger partial charge on any atom is 0.238 e. The van der Waals surface area contributed by atoms with E-state index in [1.54, 1.807) is 25.3 Å². The van der Waals surface area contributed by atoms with Crippen molar-refractivity contribution >= 4 is 34.0 Å². The molecule has 0 atom stereocenters. The van der Waals surface area contributed by atoms with E-state index in [0.29, 0.717) is 36.2 Å². The lowest BCUT2D eigenvalue weighted by atomic mass is 10.1. The van der Waals surface area contributed by atoms with Crippen molar-refractivity contribution in [3.05, 3.63) is 65.2 Å². The van der Waals surface area contributed by atoms with E-state index >= 15 is 0 Å². The third-order valence-electron chi connectivity index (χ3n) is 3.81. The second kappa shape index (κ2) is 11.3. The Hall–Kier alpha value is -1.77. The van der Waals surface area contributed by atoms with Crippen molar-refractivity contribution in [2.75, 3.05) is 20.3 Å². The molecule has 0 amide bonds. The average molecular weight is 447 g/mol. The zero-order valence-electron chi connectivity index (χ0n) is 15.5. The summed E-state index contributed by atoms with van der Waals surface area (Å²) >= 11 is 6.28. The van der Waals surface area contributed by atoms with Crippen LogP contribution < -0.4 is 19.9 Å². The number of nitrogens with two attached hydrogens (primary N) is 1. The van der Waals surface area contributed by atoms with Crippen molar-refractivity contribution in [1.29, 1.82) is 0 Å². The van der Waals surface area contributed by atoms with Crippen LogP contribution in [-0.4, -0.2) is 28.7 Å². The molecule has 0 aliphatic carbocycles.